The van der Waals surface area contributed by atoms with Gasteiger partial charge in [-0.05, 0) is 54.8 Å². The SMILES string of the molecule is CSC(C)(C)CNc1cnn(CC2CC2)c(=O)c1Br. The predicted octanol–water partition coefficient (Wildman–Crippen LogP) is 2.97. The monoisotopic (exact) mass is 345 g/mol. The number of hydrogen-bond donors (Lipinski definition) is 1. The molecule has 1 saturated carbocycles. The van der Waals surface area contributed by atoms with Crippen LogP contribution < -0.4 is 10.9 Å². The van der Waals surface area contributed by atoms with Gasteiger partial charge in [-0.1, -0.05) is 0 Å². The Morgan fingerprint density at radius 1 is 1.58 bits per heavy atom. The Labute approximate surface area is 126 Å². The summed E-state index contributed by atoms with van der Waals surface area (Å²) in [4.78, 5) is 12.2. The molecule has 1 aliphatic rings. The molecule has 0 saturated heterocycles. The van der Waals surface area contributed by atoms with E-state index in [-0.39, 0.29) is 10.3 Å². The van der Waals surface area contributed by atoms with Gasteiger partial charge in [0.05, 0.1) is 11.9 Å². The summed E-state index contributed by atoms with van der Waals surface area (Å²) < 4.78 is 2.27. The van der Waals surface area contributed by atoms with Crippen LogP contribution in [-0.4, -0.2) is 27.3 Å². The first-order valence-electron chi connectivity index (χ1n) is 6.47. The van der Waals surface area contributed by atoms with E-state index in [1.807, 2.05) is 0 Å². The van der Waals surface area contributed by atoms with Crippen LogP contribution in [-0.2, 0) is 6.54 Å². The predicted molar refractivity (Wildman–Crippen MR) is 85.0 cm³/mol. The summed E-state index contributed by atoms with van der Waals surface area (Å²) in [7, 11) is 0. The Bertz CT molecular complexity index is 511. The highest BCUT2D eigenvalue weighted by atomic mass is 79.9. The fourth-order valence-electron chi connectivity index (χ4n) is 1.64. The molecular weight excluding hydrogens is 326 g/mol. The molecule has 1 heterocycles. The Morgan fingerprint density at radius 3 is 2.84 bits per heavy atom. The molecule has 1 aromatic heterocycles. The number of nitrogens with zero attached hydrogens (tertiary/aromatic N) is 2. The summed E-state index contributed by atoms with van der Waals surface area (Å²) >= 11 is 5.18. The van der Waals surface area contributed by atoms with Crippen LogP contribution in [0.15, 0.2) is 15.5 Å². The van der Waals surface area contributed by atoms with Gasteiger partial charge in [-0.25, -0.2) is 4.68 Å². The highest BCUT2D eigenvalue weighted by Crippen LogP contribution is 2.30. The molecule has 19 heavy (non-hydrogen) atoms. The average Bonchev–Trinajstić information content (AvgIpc) is 3.18. The van der Waals surface area contributed by atoms with Crippen LogP contribution in [0.4, 0.5) is 5.69 Å². The van der Waals surface area contributed by atoms with Crippen LogP contribution in [0, 0.1) is 5.92 Å². The molecule has 1 N–H and O–H groups in total. The largest absolute Gasteiger partial charge is 0.381 e. The lowest BCUT2D eigenvalue weighted by molar-refractivity contribution is 0.531. The Hall–Kier alpha value is -0.490. The van der Waals surface area contributed by atoms with Crippen LogP contribution in [0.2, 0.25) is 0 Å². The molecule has 0 bridgehead atoms. The Morgan fingerprint density at radius 2 is 2.26 bits per heavy atom. The lowest BCUT2D eigenvalue weighted by Gasteiger charge is -2.23. The minimum Gasteiger partial charge on any atom is -0.381 e. The lowest BCUT2D eigenvalue weighted by Crippen LogP contribution is -2.29. The van der Waals surface area contributed by atoms with Gasteiger partial charge < -0.3 is 5.32 Å². The average molecular weight is 346 g/mol. The van der Waals surface area contributed by atoms with Gasteiger partial charge >= 0.3 is 0 Å². The fraction of sp³-hybridized carbons (Fsp3) is 0.692. The van der Waals surface area contributed by atoms with Crippen LogP contribution in [0.5, 0.6) is 0 Å². The molecule has 0 amide bonds. The summed E-state index contributed by atoms with van der Waals surface area (Å²) in [6.45, 7) is 5.87. The van der Waals surface area contributed by atoms with Gasteiger partial charge in [0.25, 0.3) is 5.56 Å². The summed E-state index contributed by atoms with van der Waals surface area (Å²) in [5, 5.41) is 7.55. The number of nitrogens with one attached hydrogen (secondary N) is 1. The molecule has 1 fully saturated rings. The number of thioether (sulfide) groups is 1. The maximum Gasteiger partial charge on any atom is 0.283 e. The van der Waals surface area contributed by atoms with Gasteiger partial charge in [-0.3, -0.25) is 4.79 Å². The van der Waals surface area contributed by atoms with Crippen molar-refractivity contribution in [1.82, 2.24) is 9.78 Å². The van der Waals surface area contributed by atoms with E-state index in [1.165, 1.54) is 12.8 Å². The molecule has 1 aromatic rings. The smallest absolute Gasteiger partial charge is 0.283 e. The fourth-order valence-corrected chi connectivity index (χ4v) is 2.31. The zero-order chi connectivity index (χ0) is 14.0. The number of anilines is 1. The summed E-state index contributed by atoms with van der Waals surface area (Å²) in [6.07, 6.45) is 6.26. The molecule has 0 aromatic carbocycles. The van der Waals surface area contributed by atoms with E-state index in [0.29, 0.717) is 10.4 Å². The molecule has 0 spiro atoms. The van der Waals surface area contributed by atoms with Crippen LogP contribution in [0.25, 0.3) is 0 Å². The molecule has 0 unspecified atom stereocenters. The molecule has 106 valence electrons. The Kier molecular flexibility index (Phi) is 4.61. The molecule has 0 radical (unpaired) electrons. The van der Waals surface area contributed by atoms with Crippen molar-refractivity contribution in [2.24, 2.45) is 5.92 Å². The van der Waals surface area contributed by atoms with Gasteiger partial charge in [0, 0.05) is 17.8 Å². The van der Waals surface area contributed by atoms with Gasteiger partial charge in [0.2, 0.25) is 0 Å². The van der Waals surface area contributed by atoms with Crippen molar-refractivity contribution in [3.05, 3.63) is 21.0 Å². The van der Waals surface area contributed by atoms with Gasteiger partial charge in [0.15, 0.2) is 0 Å². The van der Waals surface area contributed by atoms with E-state index in [0.717, 1.165) is 18.8 Å². The Balaban J connectivity index is 2.09. The number of hydrogen-bond acceptors (Lipinski definition) is 4. The quantitative estimate of drug-likeness (QED) is 0.860. The number of halogens is 1. The van der Waals surface area contributed by atoms with Gasteiger partial charge in [-0.15, -0.1) is 0 Å². The van der Waals surface area contributed by atoms with Crippen molar-refractivity contribution in [1.29, 1.82) is 0 Å². The summed E-state index contributed by atoms with van der Waals surface area (Å²) in [5.74, 6) is 0.645. The maximum atomic E-state index is 12.2. The van der Waals surface area contributed by atoms with Crippen LogP contribution in [0.3, 0.4) is 0 Å². The minimum atomic E-state index is -0.0427. The summed E-state index contributed by atoms with van der Waals surface area (Å²) in [5.41, 5.74) is 0.734. The zero-order valence-corrected chi connectivity index (χ0v) is 14.0. The second kappa shape index (κ2) is 5.87. The minimum absolute atomic E-state index is 0.0427. The third-order valence-electron chi connectivity index (χ3n) is 3.37. The first-order chi connectivity index (χ1) is 8.93. The highest BCUT2D eigenvalue weighted by Gasteiger charge is 2.23. The van der Waals surface area contributed by atoms with Crippen molar-refractivity contribution in [3.8, 4) is 0 Å². The van der Waals surface area contributed by atoms with E-state index in [2.05, 4.69) is 46.4 Å². The normalized spacial score (nSPS) is 15.6. The molecule has 1 aliphatic carbocycles. The topological polar surface area (TPSA) is 46.9 Å². The van der Waals surface area contributed by atoms with Gasteiger partial charge in [0.1, 0.15) is 4.47 Å². The number of aromatic nitrogens is 2. The summed E-state index contributed by atoms with van der Waals surface area (Å²) in [6, 6.07) is 0. The van der Waals surface area contributed by atoms with E-state index >= 15 is 0 Å². The maximum absolute atomic E-state index is 12.2. The molecule has 0 aliphatic heterocycles. The van der Waals surface area contributed by atoms with E-state index in [1.54, 1.807) is 22.6 Å². The molecule has 4 nitrogen and oxygen atoms in total. The van der Waals surface area contributed by atoms with Crippen molar-refractivity contribution in [2.45, 2.75) is 38.0 Å². The second-order valence-corrected chi connectivity index (χ2v) is 7.93. The first kappa shape index (κ1) is 14.9. The van der Waals surface area contributed by atoms with Crippen molar-refractivity contribution >= 4 is 33.4 Å². The molecule has 6 heteroatoms. The van der Waals surface area contributed by atoms with Crippen molar-refractivity contribution in [2.75, 3.05) is 18.1 Å². The molecule has 2 rings (SSSR count). The van der Waals surface area contributed by atoms with Crippen LogP contribution >= 0.6 is 27.7 Å². The first-order valence-corrected chi connectivity index (χ1v) is 8.49. The lowest BCUT2D eigenvalue weighted by atomic mass is 10.2. The zero-order valence-electron chi connectivity index (χ0n) is 11.6. The van der Waals surface area contributed by atoms with E-state index in [4.69, 9.17) is 0 Å². The number of rotatable bonds is 6. The van der Waals surface area contributed by atoms with E-state index in [9.17, 15) is 4.79 Å². The third-order valence-corrected chi connectivity index (χ3v) is 5.39. The van der Waals surface area contributed by atoms with Crippen LogP contribution in [0.1, 0.15) is 26.7 Å². The molecule has 0 atom stereocenters. The van der Waals surface area contributed by atoms with Gasteiger partial charge in [-0.2, -0.15) is 16.9 Å². The van der Waals surface area contributed by atoms with E-state index < -0.39 is 0 Å². The molecular formula is C13H20BrN3OS. The van der Waals surface area contributed by atoms with Crippen molar-refractivity contribution in [3.63, 3.8) is 0 Å². The third kappa shape index (κ3) is 3.99. The second-order valence-electron chi connectivity index (χ2n) is 5.62. The highest BCUT2D eigenvalue weighted by molar-refractivity contribution is 9.10. The standard InChI is InChI=1S/C13H20BrN3OS/c1-13(2,19-3)8-15-10-6-16-17(7-9-4-5-9)12(18)11(10)14/h6,9,15H,4-5,7-8H2,1-3H3. The van der Waals surface area contributed by atoms with Crippen molar-refractivity contribution < 1.29 is 0 Å².